The predicted molar refractivity (Wildman–Crippen MR) is 105 cm³/mol. The van der Waals surface area contributed by atoms with Crippen LogP contribution < -0.4 is 0 Å². The summed E-state index contributed by atoms with van der Waals surface area (Å²) >= 11 is 0. The van der Waals surface area contributed by atoms with Gasteiger partial charge in [-0.2, -0.15) is 5.26 Å². The Bertz CT molecular complexity index is 431. The van der Waals surface area contributed by atoms with E-state index in [2.05, 4.69) is 13.0 Å². The Morgan fingerprint density at radius 2 is 1.64 bits per heavy atom. The third-order valence-electron chi connectivity index (χ3n) is 6.13. The SMILES string of the molecule is CCCCC[C@H]1CC[C@H](COC2CCC(C=CC=CC#N)CC2)CC1. The number of hydrogen-bond donors (Lipinski definition) is 0. The molecule has 140 valence electrons. The van der Waals surface area contributed by atoms with Gasteiger partial charge in [-0.15, -0.1) is 0 Å². The maximum Gasteiger partial charge on any atom is 0.0912 e. The van der Waals surface area contributed by atoms with Gasteiger partial charge in [-0.3, -0.25) is 0 Å². The van der Waals surface area contributed by atoms with Crippen molar-refractivity contribution < 1.29 is 4.74 Å². The standard InChI is InChI=1S/C23H37NO/c1-2-3-5-8-20-10-12-22(13-11-20)19-25-23-16-14-21(15-17-23)9-6-4-7-18-24/h4,6-7,9,20-23H,2-3,5,8,10-17,19H2,1H3/t20-,21?,22-,23?. The smallest absolute Gasteiger partial charge is 0.0912 e. The highest BCUT2D eigenvalue weighted by Crippen LogP contribution is 2.33. The van der Waals surface area contributed by atoms with Crippen molar-refractivity contribution in [3.05, 3.63) is 24.3 Å². The van der Waals surface area contributed by atoms with Gasteiger partial charge >= 0.3 is 0 Å². The normalized spacial score (nSPS) is 30.7. The average molecular weight is 344 g/mol. The van der Waals surface area contributed by atoms with Gasteiger partial charge in [0, 0.05) is 12.7 Å². The van der Waals surface area contributed by atoms with Gasteiger partial charge in [0.2, 0.25) is 0 Å². The molecule has 2 nitrogen and oxygen atoms in total. The molecule has 2 fully saturated rings. The second kappa shape index (κ2) is 12.3. The quantitative estimate of drug-likeness (QED) is 0.269. The fraction of sp³-hybridized carbons (Fsp3) is 0.783. The highest BCUT2D eigenvalue weighted by molar-refractivity contribution is 5.12. The van der Waals surface area contributed by atoms with Crippen LogP contribution in [0.3, 0.4) is 0 Å². The van der Waals surface area contributed by atoms with Gasteiger partial charge in [0.05, 0.1) is 12.2 Å². The fourth-order valence-electron chi connectivity index (χ4n) is 4.41. The summed E-state index contributed by atoms with van der Waals surface area (Å²) < 4.78 is 6.27. The zero-order chi connectivity index (χ0) is 17.7. The van der Waals surface area contributed by atoms with E-state index in [4.69, 9.17) is 10.00 Å². The average Bonchev–Trinajstić information content (AvgIpc) is 2.66. The van der Waals surface area contributed by atoms with Crippen molar-refractivity contribution in [2.75, 3.05) is 6.61 Å². The number of ether oxygens (including phenoxy) is 1. The van der Waals surface area contributed by atoms with E-state index in [1.54, 1.807) is 0 Å². The monoisotopic (exact) mass is 343 g/mol. The molecule has 2 aliphatic rings. The summed E-state index contributed by atoms with van der Waals surface area (Å²) in [5.41, 5.74) is 0. The lowest BCUT2D eigenvalue weighted by Crippen LogP contribution is -2.25. The van der Waals surface area contributed by atoms with Crippen molar-refractivity contribution in [1.29, 1.82) is 5.26 Å². The molecule has 0 amide bonds. The highest BCUT2D eigenvalue weighted by Gasteiger charge is 2.24. The van der Waals surface area contributed by atoms with Crippen LogP contribution in [0.25, 0.3) is 0 Å². The Morgan fingerprint density at radius 1 is 0.920 bits per heavy atom. The van der Waals surface area contributed by atoms with Crippen molar-refractivity contribution >= 4 is 0 Å². The maximum atomic E-state index is 8.48. The minimum atomic E-state index is 0.488. The summed E-state index contributed by atoms with van der Waals surface area (Å²) in [6, 6.07) is 2.02. The van der Waals surface area contributed by atoms with E-state index in [9.17, 15) is 0 Å². The summed E-state index contributed by atoms with van der Waals surface area (Å²) in [5, 5.41) is 8.48. The molecule has 2 rings (SSSR count). The molecule has 25 heavy (non-hydrogen) atoms. The maximum absolute atomic E-state index is 8.48. The first kappa shape index (κ1) is 20.2. The zero-order valence-electron chi connectivity index (χ0n) is 16.2. The number of nitriles is 1. The Kier molecular flexibility index (Phi) is 9.97. The van der Waals surface area contributed by atoms with E-state index in [1.165, 1.54) is 83.1 Å². The molecular weight excluding hydrogens is 306 g/mol. The van der Waals surface area contributed by atoms with Gasteiger partial charge in [-0.05, 0) is 56.3 Å². The minimum Gasteiger partial charge on any atom is -0.378 e. The van der Waals surface area contributed by atoms with Gasteiger partial charge in [0.1, 0.15) is 0 Å². The van der Waals surface area contributed by atoms with Crippen molar-refractivity contribution in [3.8, 4) is 6.07 Å². The molecule has 0 aromatic heterocycles. The molecular formula is C23H37NO. The molecule has 0 aromatic rings. The third-order valence-corrected chi connectivity index (χ3v) is 6.13. The highest BCUT2D eigenvalue weighted by atomic mass is 16.5. The lowest BCUT2D eigenvalue weighted by atomic mass is 9.80. The molecule has 0 aliphatic heterocycles. The molecule has 0 aromatic carbocycles. The predicted octanol–water partition coefficient (Wildman–Crippen LogP) is 6.58. The van der Waals surface area contributed by atoms with E-state index in [-0.39, 0.29) is 0 Å². The van der Waals surface area contributed by atoms with Gasteiger partial charge in [-0.1, -0.05) is 63.7 Å². The minimum absolute atomic E-state index is 0.488. The molecule has 0 N–H and O–H groups in total. The summed E-state index contributed by atoms with van der Waals surface area (Å²) in [5.74, 6) is 2.48. The summed E-state index contributed by atoms with van der Waals surface area (Å²) in [7, 11) is 0. The molecule has 2 heteroatoms. The molecule has 0 unspecified atom stereocenters. The number of rotatable bonds is 9. The molecule has 0 atom stereocenters. The van der Waals surface area contributed by atoms with Crippen LogP contribution in [0.2, 0.25) is 0 Å². The third kappa shape index (κ3) is 8.23. The van der Waals surface area contributed by atoms with Crippen molar-refractivity contribution in [1.82, 2.24) is 0 Å². The topological polar surface area (TPSA) is 33.0 Å². The summed E-state index contributed by atoms with van der Waals surface area (Å²) in [4.78, 5) is 0. The molecule has 2 saturated carbocycles. The molecule has 2 aliphatic carbocycles. The lowest BCUT2D eigenvalue weighted by molar-refractivity contribution is -0.00663. The Labute approximate surface area is 155 Å². The molecule has 0 spiro atoms. The Balaban J connectivity index is 1.54. The van der Waals surface area contributed by atoms with E-state index < -0.39 is 0 Å². The van der Waals surface area contributed by atoms with E-state index >= 15 is 0 Å². The van der Waals surface area contributed by atoms with Crippen LogP contribution >= 0.6 is 0 Å². The van der Waals surface area contributed by atoms with Gasteiger partial charge in [0.15, 0.2) is 0 Å². The van der Waals surface area contributed by atoms with Crippen LogP contribution in [0, 0.1) is 29.1 Å². The number of allylic oxidation sites excluding steroid dienone is 4. The summed E-state index contributed by atoms with van der Waals surface area (Å²) in [6.45, 7) is 3.29. The van der Waals surface area contributed by atoms with Crippen molar-refractivity contribution in [3.63, 3.8) is 0 Å². The summed E-state index contributed by atoms with van der Waals surface area (Å²) in [6.07, 6.45) is 24.3. The number of nitrogens with zero attached hydrogens (tertiary/aromatic N) is 1. The Morgan fingerprint density at radius 3 is 2.32 bits per heavy atom. The first-order valence-electron chi connectivity index (χ1n) is 10.7. The second-order valence-corrected chi connectivity index (χ2v) is 8.13. The van der Waals surface area contributed by atoms with E-state index in [1.807, 2.05) is 18.2 Å². The van der Waals surface area contributed by atoms with Gasteiger partial charge in [-0.25, -0.2) is 0 Å². The van der Waals surface area contributed by atoms with Gasteiger partial charge < -0.3 is 4.74 Å². The number of unbranched alkanes of at least 4 members (excludes halogenated alkanes) is 2. The first-order chi connectivity index (χ1) is 12.3. The number of hydrogen-bond acceptors (Lipinski definition) is 2. The first-order valence-corrected chi connectivity index (χ1v) is 10.7. The lowest BCUT2D eigenvalue weighted by Gasteiger charge is -2.31. The van der Waals surface area contributed by atoms with Crippen molar-refractivity contribution in [2.24, 2.45) is 17.8 Å². The second-order valence-electron chi connectivity index (χ2n) is 8.13. The van der Waals surface area contributed by atoms with Crippen LogP contribution in [0.4, 0.5) is 0 Å². The van der Waals surface area contributed by atoms with E-state index in [0.29, 0.717) is 12.0 Å². The molecule has 0 saturated heterocycles. The Hall–Kier alpha value is -1.07. The van der Waals surface area contributed by atoms with Crippen LogP contribution in [0.5, 0.6) is 0 Å². The zero-order valence-corrected chi connectivity index (χ0v) is 16.2. The van der Waals surface area contributed by atoms with E-state index in [0.717, 1.165) is 18.4 Å². The largest absolute Gasteiger partial charge is 0.378 e. The van der Waals surface area contributed by atoms with Crippen LogP contribution in [-0.4, -0.2) is 12.7 Å². The van der Waals surface area contributed by atoms with Crippen molar-refractivity contribution in [2.45, 2.75) is 90.1 Å². The molecule has 0 bridgehead atoms. The van der Waals surface area contributed by atoms with Crippen LogP contribution in [-0.2, 0) is 4.74 Å². The van der Waals surface area contributed by atoms with Crippen LogP contribution in [0.15, 0.2) is 24.3 Å². The van der Waals surface area contributed by atoms with Crippen LogP contribution in [0.1, 0.15) is 84.0 Å². The molecule has 0 heterocycles. The molecule has 0 radical (unpaired) electrons. The van der Waals surface area contributed by atoms with Gasteiger partial charge in [0.25, 0.3) is 0 Å². The fourth-order valence-corrected chi connectivity index (χ4v) is 4.41.